The normalized spacial score (nSPS) is 20.8. The van der Waals surface area contributed by atoms with Gasteiger partial charge >= 0.3 is 12.1 Å². The number of carboxylic acids is 1. The van der Waals surface area contributed by atoms with Gasteiger partial charge < -0.3 is 10.4 Å². The van der Waals surface area contributed by atoms with Crippen molar-refractivity contribution >= 4 is 33.4 Å². The van der Waals surface area contributed by atoms with E-state index in [2.05, 4.69) is 10.3 Å². The van der Waals surface area contributed by atoms with E-state index in [1.165, 1.54) is 6.07 Å². The van der Waals surface area contributed by atoms with E-state index in [-0.39, 0.29) is 10.9 Å². The summed E-state index contributed by atoms with van der Waals surface area (Å²) < 4.78 is 38.3. The molecule has 3 rings (SSSR count). The maximum Gasteiger partial charge on any atom is 0.433 e. The predicted molar refractivity (Wildman–Crippen MR) is 85.6 cm³/mol. The summed E-state index contributed by atoms with van der Waals surface area (Å²) in [7, 11) is 0. The van der Waals surface area contributed by atoms with Gasteiger partial charge in [0, 0.05) is 11.4 Å². The second kappa shape index (κ2) is 6.29. The van der Waals surface area contributed by atoms with E-state index >= 15 is 0 Å². The lowest BCUT2D eigenvalue weighted by Gasteiger charge is -2.11. The summed E-state index contributed by atoms with van der Waals surface area (Å²) in [5.74, 6) is -1.74. The number of halogens is 3. The number of carbonyl (C=O) groups excluding carboxylic acids is 1. The molecule has 9 heteroatoms. The van der Waals surface area contributed by atoms with E-state index in [1.807, 2.05) is 0 Å². The molecule has 0 aliphatic heterocycles. The Morgan fingerprint density at radius 3 is 2.64 bits per heavy atom. The van der Waals surface area contributed by atoms with Gasteiger partial charge in [0.25, 0.3) is 5.91 Å². The summed E-state index contributed by atoms with van der Waals surface area (Å²) >= 11 is 0.913. The van der Waals surface area contributed by atoms with E-state index in [9.17, 15) is 22.8 Å². The fourth-order valence-corrected chi connectivity index (χ4v) is 4.14. The summed E-state index contributed by atoms with van der Waals surface area (Å²) in [6, 6.07) is 1.99. The number of thiophene rings is 1. The van der Waals surface area contributed by atoms with E-state index in [0.29, 0.717) is 35.1 Å². The van der Waals surface area contributed by atoms with Crippen LogP contribution in [0, 0.1) is 12.8 Å². The van der Waals surface area contributed by atoms with Gasteiger partial charge in [-0.05, 0) is 43.9 Å². The van der Waals surface area contributed by atoms with Crippen molar-refractivity contribution in [1.29, 1.82) is 0 Å². The Balaban J connectivity index is 1.82. The molecule has 0 radical (unpaired) electrons. The van der Waals surface area contributed by atoms with Crippen LogP contribution in [0.25, 0.3) is 10.2 Å². The van der Waals surface area contributed by atoms with Crippen LogP contribution in [0.2, 0.25) is 0 Å². The molecule has 0 saturated heterocycles. The maximum absolute atomic E-state index is 12.8. The first-order valence-corrected chi connectivity index (χ1v) is 8.49. The molecule has 1 saturated carbocycles. The summed E-state index contributed by atoms with van der Waals surface area (Å²) in [5, 5.41) is 12.3. The highest BCUT2D eigenvalue weighted by Crippen LogP contribution is 2.34. The van der Waals surface area contributed by atoms with Crippen LogP contribution < -0.4 is 5.32 Å². The highest BCUT2D eigenvalue weighted by molar-refractivity contribution is 7.20. The Morgan fingerprint density at radius 1 is 1.32 bits per heavy atom. The quantitative estimate of drug-likeness (QED) is 0.863. The van der Waals surface area contributed by atoms with Crippen LogP contribution in [0.3, 0.4) is 0 Å². The van der Waals surface area contributed by atoms with Crippen molar-refractivity contribution in [2.24, 2.45) is 5.92 Å². The number of fused-ring (bicyclic) bond motifs is 1. The van der Waals surface area contributed by atoms with E-state index in [0.717, 1.165) is 17.4 Å². The topological polar surface area (TPSA) is 79.3 Å². The van der Waals surface area contributed by atoms with Gasteiger partial charge in [0.2, 0.25) is 0 Å². The molecule has 1 amide bonds. The number of pyridine rings is 1. The maximum atomic E-state index is 12.8. The summed E-state index contributed by atoms with van der Waals surface area (Å²) in [6.45, 7) is 1.66. The fraction of sp³-hybridized carbons (Fsp3) is 0.438. The monoisotopic (exact) mass is 372 g/mol. The lowest BCUT2D eigenvalue weighted by atomic mass is 10.1. The molecule has 2 heterocycles. The standard InChI is InChI=1S/C16H15F3N2O3S/c1-7-10-4-5-11(16(17,18)19)21-14(10)25-12(7)13(22)20-9-3-2-8(6-9)15(23)24/h4-5,8-9H,2-3,6H2,1H3,(H,20,22)(H,23,24)/t8-,9+/m1/s1. The van der Waals surface area contributed by atoms with Crippen molar-refractivity contribution in [3.8, 4) is 0 Å². The van der Waals surface area contributed by atoms with Crippen molar-refractivity contribution in [2.45, 2.75) is 38.4 Å². The number of rotatable bonds is 3. The zero-order valence-corrected chi connectivity index (χ0v) is 14.0. The minimum absolute atomic E-state index is 0.160. The number of alkyl halides is 3. The van der Waals surface area contributed by atoms with Gasteiger partial charge in [0.1, 0.15) is 10.5 Å². The number of carboxylic acid groups (broad SMARTS) is 1. The summed E-state index contributed by atoms with van der Waals surface area (Å²) in [5.41, 5.74) is -0.417. The van der Waals surface area contributed by atoms with Crippen molar-refractivity contribution in [3.63, 3.8) is 0 Å². The van der Waals surface area contributed by atoms with Crippen LogP contribution in [-0.4, -0.2) is 28.0 Å². The van der Waals surface area contributed by atoms with Gasteiger partial charge in [0.15, 0.2) is 0 Å². The molecule has 2 atom stereocenters. The number of hydrogen-bond acceptors (Lipinski definition) is 4. The number of aromatic nitrogens is 1. The predicted octanol–water partition coefficient (Wildman–Crippen LogP) is 3.61. The molecule has 1 aliphatic rings. The second-order valence-electron chi connectivity index (χ2n) is 6.12. The number of hydrogen-bond donors (Lipinski definition) is 2. The number of nitrogens with one attached hydrogen (secondary N) is 1. The highest BCUT2D eigenvalue weighted by Gasteiger charge is 2.34. The number of aliphatic carboxylic acids is 1. The van der Waals surface area contributed by atoms with Crippen LogP contribution >= 0.6 is 11.3 Å². The van der Waals surface area contributed by atoms with Crippen molar-refractivity contribution in [1.82, 2.24) is 10.3 Å². The molecule has 0 aromatic carbocycles. The minimum atomic E-state index is -4.54. The van der Waals surface area contributed by atoms with Gasteiger partial charge in [0.05, 0.1) is 10.8 Å². The molecule has 5 nitrogen and oxygen atoms in total. The van der Waals surface area contributed by atoms with Gasteiger partial charge in [-0.2, -0.15) is 13.2 Å². The molecule has 1 fully saturated rings. The first kappa shape index (κ1) is 17.7. The molecule has 0 bridgehead atoms. The third kappa shape index (κ3) is 3.46. The third-order valence-corrected chi connectivity index (χ3v) is 5.62. The van der Waals surface area contributed by atoms with Crippen molar-refractivity contribution < 1.29 is 27.9 Å². The molecule has 1 aliphatic carbocycles. The molecule has 25 heavy (non-hydrogen) atoms. The Hall–Kier alpha value is -2.16. The lowest BCUT2D eigenvalue weighted by molar-refractivity contribution is -0.142. The highest BCUT2D eigenvalue weighted by atomic mass is 32.1. The molecule has 0 unspecified atom stereocenters. The van der Waals surface area contributed by atoms with Gasteiger partial charge in [-0.3, -0.25) is 9.59 Å². The Bertz CT molecular complexity index is 847. The average Bonchev–Trinajstić information content (AvgIpc) is 3.11. The van der Waals surface area contributed by atoms with Gasteiger partial charge in [-0.1, -0.05) is 0 Å². The molecular formula is C16H15F3N2O3S. The third-order valence-electron chi connectivity index (χ3n) is 4.42. The number of aryl methyl sites for hydroxylation is 1. The molecular weight excluding hydrogens is 357 g/mol. The van der Waals surface area contributed by atoms with E-state index in [1.54, 1.807) is 6.92 Å². The summed E-state index contributed by atoms with van der Waals surface area (Å²) in [4.78, 5) is 27.5. The molecule has 134 valence electrons. The largest absolute Gasteiger partial charge is 0.481 e. The zero-order valence-electron chi connectivity index (χ0n) is 13.2. The number of carbonyl (C=O) groups is 2. The van der Waals surface area contributed by atoms with E-state index < -0.39 is 29.7 Å². The first-order chi connectivity index (χ1) is 11.7. The van der Waals surface area contributed by atoms with Crippen LogP contribution in [0.1, 0.15) is 40.2 Å². The molecule has 2 aromatic rings. The molecule has 0 spiro atoms. The zero-order chi connectivity index (χ0) is 18.4. The van der Waals surface area contributed by atoms with Crippen LogP contribution in [0.5, 0.6) is 0 Å². The fourth-order valence-electron chi connectivity index (χ4n) is 3.06. The Kier molecular flexibility index (Phi) is 4.44. The van der Waals surface area contributed by atoms with Gasteiger partial charge in [-0.15, -0.1) is 11.3 Å². The van der Waals surface area contributed by atoms with Gasteiger partial charge in [-0.25, -0.2) is 4.98 Å². The van der Waals surface area contributed by atoms with Crippen molar-refractivity contribution in [3.05, 3.63) is 28.3 Å². The van der Waals surface area contributed by atoms with Crippen LogP contribution in [0.15, 0.2) is 12.1 Å². The Morgan fingerprint density at radius 2 is 2.04 bits per heavy atom. The smallest absolute Gasteiger partial charge is 0.433 e. The van der Waals surface area contributed by atoms with E-state index in [4.69, 9.17) is 5.11 Å². The number of amides is 1. The average molecular weight is 372 g/mol. The minimum Gasteiger partial charge on any atom is -0.481 e. The number of nitrogens with zero attached hydrogens (tertiary/aromatic N) is 1. The van der Waals surface area contributed by atoms with Crippen LogP contribution in [0.4, 0.5) is 13.2 Å². The first-order valence-electron chi connectivity index (χ1n) is 7.68. The SMILES string of the molecule is Cc1c(C(=O)N[C@H]2CC[C@@H](C(=O)O)C2)sc2nc(C(F)(F)F)ccc12. The lowest BCUT2D eigenvalue weighted by Crippen LogP contribution is -2.33. The van der Waals surface area contributed by atoms with Crippen LogP contribution in [-0.2, 0) is 11.0 Å². The van der Waals surface area contributed by atoms with Crippen molar-refractivity contribution in [2.75, 3.05) is 0 Å². The second-order valence-corrected chi connectivity index (χ2v) is 7.12. The molecule has 2 aromatic heterocycles. The Labute approximate surface area is 144 Å². The molecule has 2 N–H and O–H groups in total. The summed E-state index contributed by atoms with van der Waals surface area (Å²) in [6.07, 6.45) is -3.10.